The highest BCUT2D eigenvalue weighted by Crippen LogP contribution is 2.26. The smallest absolute Gasteiger partial charge is 0.409 e. The second-order valence-corrected chi connectivity index (χ2v) is 7.34. The number of aromatic nitrogens is 1. The first-order chi connectivity index (χ1) is 12.7. The number of rotatable bonds is 4. The Bertz CT molecular complexity index is 1150. The maximum absolute atomic E-state index is 13.1. The molecule has 0 atom stereocenters. The summed E-state index contributed by atoms with van der Waals surface area (Å²) < 4.78 is 6.60. The van der Waals surface area contributed by atoms with E-state index in [2.05, 4.69) is 0 Å². The molecule has 0 spiro atoms. The van der Waals surface area contributed by atoms with Crippen LogP contribution < -0.4 is 11.3 Å². The number of hydrogen-bond acceptors (Lipinski definition) is 5. The van der Waals surface area contributed by atoms with Gasteiger partial charge in [-0.1, -0.05) is 30.3 Å². The summed E-state index contributed by atoms with van der Waals surface area (Å²) in [6.07, 6.45) is 3.52. The van der Waals surface area contributed by atoms with Gasteiger partial charge in [0.1, 0.15) is 11.3 Å². The molecule has 0 unspecified atom stereocenters. The molecule has 0 bridgehead atoms. The van der Waals surface area contributed by atoms with E-state index in [4.69, 9.17) is 4.42 Å². The molecular weight excluding hydrogens is 366 g/mol. The van der Waals surface area contributed by atoms with Crippen LogP contribution >= 0.6 is 22.7 Å². The van der Waals surface area contributed by atoms with Gasteiger partial charge in [-0.05, 0) is 47.2 Å². The van der Waals surface area contributed by atoms with Gasteiger partial charge in [0.25, 0.3) is 5.56 Å². The number of benzene rings is 1. The molecule has 4 aromatic rings. The van der Waals surface area contributed by atoms with E-state index in [1.165, 1.54) is 11.3 Å². The lowest BCUT2D eigenvalue weighted by Crippen LogP contribution is -2.32. The summed E-state index contributed by atoms with van der Waals surface area (Å²) in [6.45, 7) is 0. The predicted molar refractivity (Wildman–Crippen MR) is 107 cm³/mol. The van der Waals surface area contributed by atoms with Crippen molar-refractivity contribution < 1.29 is 4.42 Å². The molecule has 0 fully saturated rings. The maximum Gasteiger partial charge on any atom is 0.426 e. The number of nitrogens with zero attached hydrogens (tertiary/aromatic N) is 1. The zero-order valence-electron chi connectivity index (χ0n) is 13.5. The van der Waals surface area contributed by atoms with Crippen LogP contribution in [0.5, 0.6) is 0 Å². The molecule has 0 saturated carbocycles. The molecule has 128 valence electrons. The molecule has 0 aliphatic rings. The van der Waals surface area contributed by atoms with E-state index in [1.807, 2.05) is 47.2 Å². The topological polar surface area (TPSA) is 52.2 Å². The molecular formula is C20H13NO3S2. The van der Waals surface area contributed by atoms with Crippen molar-refractivity contribution >= 4 is 34.8 Å². The van der Waals surface area contributed by atoms with E-state index in [-0.39, 0.29) is 11.3 Å². The van der Waals surface area contributed by atoms with Crippen LogP contribution in [-0.4, -0.2) is 4.57 Å². The normalized spacial score (nSPS) is 11.2. The molecule has 4 nitrogen and oxygen atoms in total. The minimum Gasteiger partial charge on any atom is -0.409 e. The summed E-state index contributed by atoms with van der Waals surface area (Å²) in [5.74, 6) is -0.435. The van der Waals surface area contributed by atoms with Gasteiger partial charge in [0.2, 0.25) is 0 Å². The Morgan fingerprint density at radius 1 is 0.846 bits per heavy atom. The van der Waals surface area contributed by atoms with Crippen molar-refractivity contribution in [2.75, 3.05) is 0 Å². The van der Waals surface area contributed by atoms with E-state index in [9.17, 15) is 9.59 Å². The van der Waals surface area contributed by atoms with Crippen LogP contribution in [0.1, 0.15) is 10.6 Å². The SMILES string of the molecule is O=c1oc(/C=C/c2cccs2)c(-c2cccs2)c(=O)n1-c1ccccc1. The molecule has 0 aliphatic carbocycles. The first-order valence-corrected chi connectivity index (χ1v) is 9.61. The standard InChI is InChI=1S/C20H13NO3S2/c22-19-18(17-9-5-13-26-17)16(11-10-15-8-4-12-25-15)24-20(23)21(19)14-6-2-1-3-7-14/h1-13H/b11-10+. The lowest BCUT2D eigenvalue weighted by atomic mass is 10.2. The fourth-order valence-electron chi connectivity index (χ4n) is 2.60. The van der Waals surface area contributed by atoms with Gasteiger partial charge in [-0.15, -0.1) is 22.7 Å². The Hall–Kier alpha value is -2.96. The second-order valence-electron chi connectivity index (χ2n) is 5.41. The summed E-state index contributed by atoms with van der Waals surface area (Å²) in [4.78, 5) is 27.4. The Balaban J connectivity index is 1.95. The number of hydrogen-bond donors (Lipinski definition) is 0. The van der Waals surface area contributed by atoms with Crippen molar-refractivity contribution in [3.05, 3.63) is 96.9 Å². The van der Waals surface area contributed by atoms with Crippen LogP contribution in [0.2, 0.25) is 0 Å². The van der Waals surface area contributed by atoms with Crippen LogP contribution in [0.4, 0.5) is 0 Å². The lowest BCUT2D eigenvalue weighted by molar-refractivity contribution is 0.453. The van der Waals surface area contributed by atoms with Crippen LogP contribution in [0.15, 0.2) is 79.4 Å². The Labute approximate surface area is 156 Å². The van der Waals surface area contributed by atoms with E-state index in [0.29, 0.717) is 11.3 Å². The van der Waals surface area contributed by atoms with Gasteiger partial charge in [0.15, 0.2) is 0 Å². The molecule has 0 N–H and O–H groups in total. The summed E-state index contributed by atoms with van der Waals surface area (Å²) in [5.41, 5.74) is 0.481. The first-order valence-electron chi connectivity index (χ1n) is 7.85. The quantitative estimate of drug-likeness (QED) is 0.514. The molecule has 3 aromatic heterocycles. The van der Waals surface area contributed by atoms with Crippen LogP contribution in [0, 0.1) is 0 Å². The molecule has 6 heteroatoms. The third kappa shape index (κ3) is 3.12. The van der Waals surface area contributed by atoms with Gasteiger partial charge < -0.3 is 4.42 Å². The van der Waals surface area contributed by atoms with E-state index in [0.717, 1.165) is 14.3 Å². The van der Waals surface area contributed by atoms with Crippen molar-refractivity contribution in [2.45, 2.75) is 0 Å². The molecule has 1 aromatic carbocycles. The highest BCUT2D eigenvalue weighted by Gasteiger charge is 2.18. The molecule has 0 saturated heterocycles. The Kier molecular flexibility index (Phi) is 4.51. The highest BCUT2D eigenvalue weighted by molar-refractivity contribution is 7.13. The van der Waals surface area contributed by atoms with Gasteiger partial charge in [0.05, 0.1) is 5.69 Å². The fourth-order valence-corrected chi connectivity index (χ4v) is 3.98. The Morgan fingerprint density at radius 2 is 1.62 bits per heavy atom. The van der Waals surface area contributed by atoms with Crippen molar-refractivity contribution in [1.29, 1.82) is 0 Å². The van der Waals surface area contributed by atoms with Crippen molar-refractivity contribution in [2.24, 2.45) is 0 Å². The minimum absolute atomic E-state index is 0.267. The van der Waals surface area contributed by atoms with Gasteiger partial charge in [-0.3, -0.25) is 4.79 Å². The van der Waals surface area contributed by atoms with E-state index < -0.39 is 5.76 Å². The lowest BCUT2D eigenvalue weighted by Gasteiger charge is -2.08. The summed E-state index contributed by atoms with van der Waals surface area (Å²) in [5, 5.41) is 3.85. The van der Waals surface area contributed by atoms with Gasteiger partial charge in [-0.25, -0.2) is 9.36 Å². The zero-order chi connectivity index (χ0) is 17.9. The highest BCUT2D eigenvalue weighted by atomic mass is 32.1. The molecule has 0 aliphatic heterocycles. The minimum atomic E-state index is -0.702. The average Bonchev–Trinajstić information content (AvgIpc) is 3.34. The van der Waals surface area contributed by atoms with Crippen molar-refractivity contribution in [1.82, 2.24) is 4.57 Å². The zero-order valence-corrected chi connectivity index (χ0v) is 15.1. The predicted octanol–water partition coefficient (Wildman–Crippen LogP) is 4.75. The van der Waals surface area contributed by atoms with Crippen LogP contribution in [-0.2, 0) is 0 Å². The van der Waals surface area contributed by atoms with E-state index in [1.54, 1.807) is 41.7 Å². The molecule has 0 amide bonds. The van der Waals surface area contributed by atoms with Gasteiger partial charge in [-0.2, -0.15) is 0 Å². The van der Waals surface area contributed by atoms with Gasteiger partial charge in [0, 0.05) is 9.75 Å². The molecule has 3 heterocycles. The second kappa shape index (κ2) is 7.11. The summed E-state index contributed by atoms with van der Waals surface area (Å²) in [6, 6.07) is 16.4. The fraction of sp³-hybridized carbons (Fsp3) is 0. The third-order valence-electron chi connectivity index (χ3n) is 3.77. The number of thiophene rings is 2. The first kappa shape index (κ1) is 16.5. The third-order valence-corrected chi connectivity index (χ3v) is 5.49. The van der Waals surface area contributed by atoms with Crippen LogP contribution in [0.3, 0.4) is 0 Å². The maximum atomic E-state index is 13.1. The van der Waals surface area contributed by atoms with Crippen molar-refractivity contribution in [3.63, 3.8) is 0 Å². The summed E-state index contributed by atoms with van der Waals surface area (Å²) in [7, 11) is 0. The van der Waals surface area contributed by atoms with Gasteiger partial charge >= 0.3 is 5.76 Å². The van der Waals surface area contributed by atoms with Crippen molar-refractivity contribution in [3.8, 4) is 16.1 Å². The monoisotopic (exact) mass is 379 g/mol. The molecule has 4 rings (SSSR count). The molecule has 26 heavy (non-hydrogen) atoms. The largest absolute Gasteiger partial charge is 0.426 e. The summed E-state index contributed by atoms with van der Waals surface area (Å²) >= 11 is 3.00. The average molecular weight is 379 g/mol. The van der Waals surface area contributed by atoms with Crippen LogP contribution in [0.25, 0.3) is 28.3 Å². The van der Waals surface area contributed by atoms with E-state index >= 15 is 0 Å². The Morgan fingerprint density at radius 3 is 2.31 bits per heavy atom. The number of para-hydroxylation sites is 1. The molecule has 0 radical (unpaired) electrons.